The van der Waals surface area contributed by atoms with Gasteiger partial charge in [-0.2, -0.15) is 0 Å². The summed E-state index contributed by atoms with van der Waals surface area (Å²) in [5.41, 5.74) is 1.33. The van der Waals surface area contributed by atoms with Gasteiger partial charge in [0.25, 0.3) is 0 Å². The lowest BCUT2D eigenvalue weighted by Gasteiger charge is -2.18. The number of halogens is 1. The number of rotatable bonds is 5. The van der Waals surface area contributed by atoms with Crippen LogP contribution in [0.4, 0.5) is 0 Å². The molecule has 0 aliphatic heterocycles. The minimum absolute atomic E-state index is 0.553. The average Bonchev–Trinajstić information content (AvgIpc) is 2.18. The van der Waals surface area contributed by atoms with Crippen LogP contribution in [-0.2, 0) is 0 Å². The Morgan fingerprint density at radius 2 is 2.07 bits per heavy atom. The van der Waals surface area contributed by atoms with Crippen LogP contribution in [0.5, 0.6) is 0 Å². The molecule has 0 amide bonds. The summed E-state index contributed by atoms with van der Waals surface area (Å²) in [5.74, 6) is 0.553. The third-order valence-corrected chi connectivity index (χ3v) is 2.91. The lowest BCUT2D eigenvalue weighted by Crippen LogP contribution is -2.26. The van der Waals surface area contributed by atoms with Crippen LogP contribution in [0.1, 0.15) is 38.7 Å². The highest BCUT2D eigenvalue weighted by Gasteiger charge is 2.09. The molecular weight excluding hydrogens is 206 g/mol. The Morgan fingerprint density at radius 3 is 2.67 bits per heavy atom. The zero-order valence-corrected chi connectivity index (χ0v) is 10.5. The van der Waals surface area contributed by atoms with E-state index in [1.54, 1.807) is 0 Å². The number of nitrogens with one attached hydrogen (secondary N) is 1. The van der Waals surface area contributed by atoms with Gasteiger partial charge in [-0.3, -0.25) is 0 Å². The van der Waals surface area contributed by atoms with Gasteiger partial charge in [-0.25, -0.2) is 0 Å². The number of hydrogen-bond donors (Lipinski definition) is 1. The molecule has 0 bridgehead atoms. The third kappa shape index (κ3) is 4.23. The van der Waals surface area contributed by atoms with Crippen molar-refractivity contribution < 1.29 is 0 Å². The maximum atomic E-state index is 5.97. The first-order valence-electron chi connectivity index (χ1n) is 5.62. The van der Waals surface area contributed by atoms with Crippen molar-refractivity contribution >= 4 is 11.6 Å². The molecular formula is C13H20ClN. The van der Waals surface area contributed by atoms with E-state index in [2.05, 4.69) is 38.2 Å². The Bertz CT molecular complexity index is 298. The molecule has 1 aromatic carbocycles. The normalized spacial score (nSPS) is 14.9. The van der Waals surface area contributed by atoms with E-state index in [0.717, 1.165) is 18.0 Å². The van der Waals surface area contributed by atoms with Crippen molar-refractivity contribution in [3.8, 4) is 0 Å². The van der Waals surface area contributed by atoms with Gasteiger partial charge in [0, 0.05) is 11.1 Å². The largest absolute Gasteiger partial charge is 0.315 e. The van der Waals surface area contributed by atoms with Crippen molar-refractivity contribution in [1.82, 2.24) is 5.32 Å². The van der Waals surface area contributed by atoms with Crippen LogP contribution in [0, 0.1) is 0 Å². The topological polar surface area (TPSA) is 12.0 Å². The predicted molar refractivity (Wildman–Crippen MR) is 67.6 cm³/mol. The summed E-state index contributed by atoms with van der Waals surface area (Å²) in [4.78, 5) is 0. The van der Waals surface area contributed by atoms with Gasteiger partial charge in [-0.15, -0.1) is 0 Å². The second-order valence-electron chi connectivity index (χ2n) is 4.15. The molecule has 0 saturated heterocycles. The molecule has 0 spiro atoms. The first kappa shape index (κ1) is 12.5. The average molecular weight is 226 g/mol. The smallest absolute Gasteiger partial charge is 0.0408 e. The number of benzene rings is 1. The van der Waals surface area contributed by atoms with Crippen molar-refractivity contribution in [2.45, 2.75) is 39.2 Å². The van der Waals surface area contributed by atoms with E-state index in [9.17, 15) is 0 Å². The van der Waals surface area contributed by atoms with E-state index < -0.39 is 0 Å². The van der Waals surface area contributed by atoms with E-state index in [1.165, 1.54) is 5.56 Å². The predicted octanol–water partition coefficient (Wildman–Crippen LogP) is 3.83. The molecule has 2 atom stereocenters. The van der Waals surface area contributed by atoms with E-state index in [4.69, 9.17) is 11.6 Å². The van der Waals surface area contributed by atoms with Gasteiger partial charge >= 0.3 is 0 Å². The van der Waals surface area contributed by atoms with E-state index in [1.807, 2.05) is 12.1 Å². The van der Waals surface area contributed by atoms with Crippen LogP contribution in [0.25, 0.3) is 0 Å². The lowest BCUT2D eigenvalue weighted by atomic mass is 9.94. The molecule has 0 aliphatic carbocycles. The maximum absolute atomic E-state index is 5.97. The molecule has 2 heteroatoms. The SMILES string of the molecule is CCNC(C)CC(C)c1cccc(Cl)c1. The van der Waals surface area contributed by atoms with E-state index in [-0.39, 0.29) is 0 Å². The van der Waals surface area contributed by atoms with Crippen LogP contribution in [0.3, 0.4) is 0 Å². The fraction of sp³-hybridized carbons (Fsp3) is 0.538. The zero-order chi connectivity index (χ0) is 11.3. The molecule has 1 N–H and O–H groups in total. The highest BCUT2D eigenvalue weighted by Crippen LogP contribution is 2.23. The molecule has 0 saturated carbocycles. The molecule has 0 radical (unpaired) electrons. The number of hydrogen-bond acceptors (Lipinski definition) is 1. The molecule has 0 fully saturated rings. The molecule has 84 valence electrons. The van der Waals surface area contributed by atoms with Gasteiger partial charge in [0.05, 0.1) is 0 Å². The summed E-state index contributed by atoms with van der Waals surface area (Å²) in [6.45, 7) is 7.65. The Morgan fingerprint density at radius 1 is 1.33 bits per heavy atom. The molecule has 1 nitrogen and oxygen atoms in total. The van der Waals surface area contributed by atoms with Crippen molar-refractivity contribution in [3.63, 3.8) is 0 Å². The highest BCUT2D eigenvalue weighted by molar-refractivity contribution is 6.30. The summed E-state index contributed by atoms with van der Waals surface area (Å²) in [7, 11) is 0. The fourth-order valence-electron chi connectivity index (χ4n) is 1.91. The summed E-state index contributed by atoms with van der Waals surface area (Å²) in [6, 6.07) is 8.71. The second kappa shape index (κ2) is 6.14. The lowest BCUT2D eigenvalue weighted by molar-refractivity contribution is 0.491. The van der Waals surface area contributed by atoms with Gasteiger partial charge in [-0.05, 0) is 43.5 Å². The Labute approximate surface area is 97.8 Å². The van der Waals surface area contributed by atoms with E-state index >= 15 is 0 Å². The van der Waals surface area contributed by atoms with Crippen LogP contribution < -0.4 is 5.32 Å². The van der Waals surface area contributed by atoms with Gasteiger partial charge in [0.15, 0.2) is 0 Å². The third-order valence-electron chi connectivity index (χ3n) is 2.68. The maximum Gasteiger partial charge on any atom is 0.0408 e. The molecule has 1 aromatic rings. The summed E-state index contributed by atoms with van der Waals surface area (Å²) < 4.78 is 0. The Hall–Kier alpha value is -0.530. The first-order valence-corrected chi connectivity index (χ1v) is 6.00. The van der Waals surface area contributed by atoms with Gasteiger partial charge < -0.3 is 5.32 Å². The summed E-state index contributed by atoms with van der Waals surface area (Å²) in [5, 5.41) is 4.26. The molecule has 1 rings (SSSR count). The van der Waals surface area contributed by atoms with E-state index in [0.29, 0.717) is 12.0 Å². The Balaban J connectivity index is 2.56. The minimum Gasteiger partial charge on any atom is -0.315 e. The quantitative estimate of drug-likeness (QED) is 0.803. The van der Waals surface area contributed by atoms with Crippen molar-refractivity contribution in [1.29, 1.82) is 0 Å². The summed E-state index contributed by atoms with van der Waals surface area (Å²) >= 11 is 5.97. The molecule has 0 aliphatic rings. The fourth-order valence-corrected chi connectivity index (χ4v) is 2.11. The summed E-state index contributed by atoms with van der Waals surface area (Å²) in [6.07, 6.45) is 1.15. The van der Waals surface area contributed by atoms with Gasteiger partial charge in [0.2, 0.25) is 0 Å². The Kier molecular flexibility index (Phi) is 5.13. The van der Waals surface area contributed by atoms with Crippen molar-refractivity contribution in [2.24, 2.45) is 0 Å². The van der Waals surface area contributed by atoms with Crippen molar-refractivity contribution in [2.75, 3.05) is 6.54 Å². The van der Waals surface area contributed by atoms with Gasteiger partial charge in [0.1, 0.15) is 0 Å². The van der Waals surface area contributed by atoms with Crippen LogP contribution in [0.2, 0.25) is 5.02 Å². The molecule has 15 heavy (non-hydrogen) atoms. The highest BCUT2D eigenvalue weighted by atomic mass is 35.5. The molecule has 0 aromatic heterocycles. The first-order chi connectivity index (χ1) is 7.13. The van der Waals surface area contributed by atoms with Gasteiger partial charge in [-0.1, -0.05) is 37.6 Å². The second-order valence-corrected chi connectivity index (χ2v) is 4.59. The monoisotopic (exact) mass is 225 g/mol. The minimum atomic E-state index is 0.553. The van der Waals surface area contributed by atoms with Crippen LogP contribution in [-0.4, -0.2) is 12.6 Å². The van der Waals surface area contributed by atoms with Crippen molar-refractivity contribution in [3.05, 3.63) is 34.9 Å². The van der Waals surface area contributed by atoms with Crippen LogP contribution in [0.15, 0.2) is 24.3 Å². The van der Waals surface area contributed by atoms with Crippen LogP contribution >= 0.6 is 11.6 Å². The zero-order valence-electron chi connectivity index (χ0n) is 9.76. The molecule has 2 unspecified atom stereocenters. The standard InChI is InChI=1S/C13H20ClN/c1-4-15-11(3)8-10(2)12-6-5-7-13(14)9-12/h5-7,9-11,15H,4,8H2,1-3H3. The molecule has 0 heterocycles.